The number of aromatic nitrogens is 1. The molecule has 15 heavy (non-hydrogen) atoms. The van der Waals surface area contributed by atoms with Crippen LogP contribution in [-0.4, -0.2) is 11.3 Å². The van der Waals surface area contributed by atoms with Crippen LogP contribution in [0.3, 0.4) is 0 Å². The Morgan fingerprint density at radius 3 is 2.60 bits per heavy atom. The molecule has 1 aromatic heterocycles. The van der Waals surface area contributed by atoms with Gasteiger partial charge in [-0.05, 0) is 15.9 Å². The molecule has 1 aromatic rings. The summed E-state index contributed by atoms with van der Waals surface area (Å²) in [6.07, 6.45) is -4.86. The Labute approximate surface area is 95.6 Å². The van der Waals surface area contributed by atoms with Crippen LogP contribution in [0.4, 0.5) is 13.2 Å². The number of alkyl halides is 3. The standard InChI is InChI=1S/C7HBrClF3N2O/c8-5-1-4(15-7(10,11)12)6(9)3(2-13)14-5/h1H. The first-order valence-corrected chi connectivity index (χ1v) is 4.52. The molecular weight excluding hydrogens is 300 g/mol. The smallest absolute Gasteiger partial charge is 0.404 e. The topological polar surface area (TPSA) is 45.9 Å². The third-order valence-corrected chi connectivity index (χ3v) is 2.00. The quantitative estimate of drug-likeness (QED) is 0.748. The van der Waals surface area contributed by atoms with Gasteiger partial charge in [-0.2, -0.15) is 5.26 Å². The molecule has 0 atom stereocenters. The van der Waals surface area contributed by atoms with E-state index >= 15 is 0 Å². The molecule has 0 bridgehead atoms. The van der Waals surface area contributed by atoms with Crippen molar-refractivity contribution in [2.45, 2.75) is 6.36 Å². The van der Waals surface area contributed by atoms with E-state index in [1.54, 1.807) is 6.07 Å². The van der Waals surface area contributed by atoms with E-state index in [0.717, 1.165) is 6.07 Å². The molecule has 0 amide bonds. The number of nitrogens with zero attached hydrogens (tertiary/aromatic N) is 2. The molecule has 0 spiro atoms. The minimum absolute atomic E-state index is 0.0303. The Morgan fingerprint density at radius 1 is 1.53 bits per heavy atom. The monoisotopic (exact) mass is 300 g/mol. The lowest BCUT2D eigenvalue weighted by Gasteiger charge is -2.10. The van der Waals surface area contributed by atoms with E-state index in [1.165, 1.54) is 0 Å². The van der Waals surface area contributed by atoms with Crippen molar-refractivity contribution < 1.29 is 17.9 Å². The molecule has 0 aliphatic rings. The van der Waals surface area contributed by atoms with Gasteiger partial charge in [-0.25, -0.2) is 4.98 Å². The van der Waals surface area contributed by atoms with Gasteiger partial charge in [0.1, 0.15) is 15.7 Å². The van der Waals surface area contributed by atoms with Crippen LogP contribution in [0.15, 0.2) is 10.7 Å². The number of hydrogen-bond donors (Lipinski definition) is 0. The Bertz CT molecular complexity index is 429. The highest BCUT2D eigenvalue weighted by Crippen LogP contribution is 2.33. The molecular formula is C7HBrClF3N2O. The van der Waals surface area contributed by atoms with Crippen LogP contribution in [0.2, 0.25) is 5.02 Å². The van der Waals surface area contributed by atoms with E-state index in [4.69, 9.17) is 16.9 Å². The third-order valence-electron chi connectivity index (χ3n) is 1.22. The van der Waals surface area contributed by atoms with Crippen LogP contribution in [0.1, 0.15) is 5.69 Å². The second kappa shape index (κ2) is 4.24. The van der Waals surface area contributed by atoms with Crippen LogP contribution >= 0.6 is 27.5 Å². The maximum atomic E-state index is 11.9. The highest BCUT2D eigenvalue weighted by Gasteiger charge is 2.32. The molecule has 0 aliphatic heterocycles. The van der Waals surface area contributed by atoms with Crippen LogP contribution in [0.25, 0.3) is 0 Å². The van der Waals surface area contributed by atoms with Crippen molar-refractivity contribution in [1.29, 1.82) is 5.26 Å². The van der Waals surface area contributed by atoms with Crippen molar-refractivity contribution in [3.63, 3.8) is 0 Å². The molecule has 0 aliphatic carbocycles. The molecule has 3 nitrogen and oxygen atoms in total. The maximum absolute atomic E-state index is 11.9. The number of ether oxygens (including phenoxy) is 1. The van der Waals surface area contributed by atoms with Gasteiger partial charge in [-0.15, -0.1) is 13.2 Å². The van der Waals surface area contributed by atoms with Gasteiger partial charge in [-0.1, -0.05) is 11.6 Å². The van der Waals surface area contributed by atoms with Gasteiger partial charge in [0.25, 0.3) is 0 Å². The molecule has 0 fully saturated rings. The Kier molecular flexibility index (Phi) is 3.42. The summed E-state index contributed by atoms with van der Waals surface area (Å²) >= 11 is 8.28. The van der Waals surface area contributed by atoms with E-state index in [-0.39, 0.29) is 10.3 Å². The molecule has 0 aromatic carbocycles. The lowest BCUT2D eigenvalue weighted by atomic mass is 10.3. The minimum Gasteiger partial charge on any atom is -0.404 e. The van der Waals surface area contributed by atoms with Crippen molar-refractivity contribution in [2.75, 3.05) is 0 Å². The highest BCUT2D eigenvalue weighted by atomic mass is 79.9. The van der Waals surface area contributed by atoms with E-state index in [0.29, 0.717) is 0 Å². The molecule has 8 heteroatoms. The highest BCUT2D eigenvalue weighted by molar-refractivity contribution is 9.10. The lowest BCUT2D eigenvalue weighted by Crippen LogP contribution is -2.17. The molecule has 80 valence electrons. The minimum atomic E-state index is -4.86. The van der Waals surface area contributed by atoms with E-state index < -0.39 is 17.1 Å². The number of pyridine rings is 1. The van der Waals surface area contributed by atoms with Crippen molar-refractivity contribution in [2.24, 2.45) is 0 Å². The van der Waals surface area contributed by atoms with E-state index in [9.17, 15) is 13.2 Å². The van der Waals surface area contributed by atoms with Crippen molar-refractivity contribution >= 4 is 27.5 Å². The van der Waals surface area contributed by atoms with E-state index in [1.807, 2.05) is 0 Å². The van der Waals surface area contributed by atoms with Crippen molar-refractivity contribution in [3.05, 3.63) is 21.4 Å². The molecule has 0 N–H and O–H groups in total. The summed E-state index contributed by atoms with van der Waals surface area (Å²) in [5, 5.41) is 8.04. The predicted molar refractivity (Wildman–Crippen MR) is 48.3 cm³/mol. The molecule has 0 unspecified atom stereocenters. The lowest BCUT2D eigenvalue weighted by molar-refractivity contribution is -0.274. The Morgan fingerprint density at radius 2 is 2.13 bits per heavy atom. The predicted octanol–water partition coefficient (Wildman–Crippen LogP) is 3.27. The normalized spacial score (nSPS) is 10.9. The van der Waals surface area contributed by atoms with Gasteiger partial charge in [-0.3, -0.25) is 0 Å². The summed E-state index contributed by atoms with van der Waals surface area (Å²) in [5.41, 5.74) is -0.342. The van der Waals surface area contributed by atoms with Gasteiger partial charge >= 0.3 is 6.36 Å². The average Bonchev–Trinajstić information content (AvgIpc) is 2.08. The number of rotatable bonds is 1. The summed E-state index contributed by atoms with van der Waals surface area (Å²) in [4.78, 5) is 3.56. The zero-order valence-corrected chi connectivity index (χ0v) is 9.11. The van der Waals surface area contributed by atoms with Crippen molar-refractivity contribution in [1.82, 2.24) is 4.98 Å². The number of halogens is 5. The van der Waals surface area contributed by atoms with Crippen LogP contribution < -0.4 is 4.74 Å². The largest absolute Gasteiger partial charge is 0.573 e. The fourth-order valence-electron chi connectivity index (χ4n) is 0.749. The van der Waals surface area contributed by atoms with Crippen molar-refractivity contribution in [3.8, 4) is 11.8 Å². The fraction of sp³-hybridized carbons (Fsp3) is 0.143. The van der Waals surface area contributed by atoms with Gasteiger partial charge in [0, 0.05) is 6.07 Å². The molecule has 0 radical (unpaired) electrons. The number of hydrogen-bond acceptors (Lipinski definition) is 3. The first-order chi connectivity index (χ1) is 6.83. The maximum Gasteiger partial charge on any atom is 0.573 e. The van der Waals surface area contributed by atoms with Crippen LogP contribution in [0.5, 0.6) is 5.75 Å². The summed E-state index contributed by atoms with van der Waals surface area (Å²) in [7, 11) is 0. The Hall–Kier alpha value is -1.00. The van der Waals surface area contributed by atoms with E-state index in [2.05, 4.69) is 25.7 Å². The fourth-order valence-corrected chi connectivity index (χ4v) is 1.31. The SMILES string of the molecule is N#Cc1nc(Br)cc(OC(F)(F)F)c1Cl. The number of nitriles is 1. The molecule has 1 heterocycles. The molecule has 0 saturated carbocycles. The second-order valence-electron chi connectivity index (χ2n) is 2.27. The summed E-state index contributed by atoms with van der Waals surface area (Å²) in [6, 6.07) is 2.47. The summed E-state index contributed by atoms with van der Waals surface area (Å²) < 4.78 is 39.3. The first-order valence-electron chi connectivity index (χ1n) is 3.35. The average molecular weight is 301 g/mol. The van der Waals surface area contributed by atoms with Gasteiger partial charge in [0.15, 0.2) is 11.4 Å². The van der Waals surface area contributed by atoms with Gasteiger partial charge in [0.05, 0.1) is 0 Å². The summed E-state index contributed by atoms with van der Waals surface area (Å²) in [5.74, 6) is -0.664. The zero-order chi connectivity index (χ0) is 11.6. The Balaban J connectivity index is 3.20. The summed E-state index contributed by atoms with van der Waals surface area (Å²) in [6.45, 7) is 0. The first kappa shape index (κ1) is 12.1. The zero-order valence-electron chi connectivity index (χ0n) is 6.77. The van der Waals surface area contributed by atoms with Gasteiger partial charge < -0.3 is 4.74 Å². The van der Waals surface area contributed by atoms with Crippen LogP contribution in [-0.2, 0) is 0 Å². The van der Waals surface area contributed by atoms with Crippen LogP contribution in [0, 0.1) is 11.3 Å². The van der Waals surface area contributed by atoms with Gasteiger partial charge in [0.2, 0.25) is 0 Å². The second-order valence-corrected chi connectivity index (χ2v) is 3.46. The molecule has 1 rings (SSSR count). The third kappa shape index (κ3) is 3.25. The molecule has 0 saturated heterocycles.